The minimum absolute atomic E-state index is 0.0441. The van der Waals surface area contributed by atoms with Gasteiger partial charge in [-0.25, -0.2) is 0 Å². The Hall–Kier alpha value is -2.33. The van der Waals surface area contributed by atoms with Crippen LogP contribution in [-0.4, -0.2) is 14.7 Å². The normalized spacial score (nSPS) is 12.0. The van der Waals surface area contributed by atoms with Crippen molar-refractivity contribution in [1.29, 1.82) is 0 Å². The first-order valence-corrected chi connectivity index (χ1v) is 6.88. The standard InChI is InChI=1S/C17H18N2O2/c1-17(2,21)12-6-4-5-11(9-12)14-10-19(3)16(20)15-13(14)7-8-18-15/h4-10,18,21H,1-3H3. The third kappa shape index (κ3) is 2.28. The van der Waals surface area contributed by atoms with Crippen LogP contribution in [0.3, 0.4) is 0 Å². The largest absolute Gasteiger partial charge is 0.386 e. The van der Waals surface area contributed by atoms with Crippen LogP contribution in [0.5, 0.6) is 0 Å². The number of H-pyrrole nitrogens is 1. The number of hydrogen-bond donors (Lipinski definition) is 2. The highest BCUT2D eigenvalue weighted by Crippen LogP contribution is 2.29. The first-order chi connectivity index (χ1) is 9.88. The second kappa shape index (κ2) is 4.60. The summed E-state index contributed by atoms with van der Waals surface area (Å²) in [5.41, 5.74) is 2.46. The molecule has 0 saturated carbocycles. The molecule has 0 saturated heterocycles. The number of benzene rings is 1. The molecule has 21 heavy (non-hydrogen) atoms. The lowest BCUT2D eigenvalue weighted by Crippen LogP contribution is -2.17. The number of nitrogens with one attached hydrogen (secondary N) is 1. The van der Waals surface area contributed by atoms with Gasteiger partial charge in [-0.15, -0.1) is 0 Å². The lowest BCUT2D eigenvalue weighted by atomic mass is 9.94. The van der Waals surface area contributed by atoms with Crippen LogP contribution in [0.1, 0.15) is 19.4 Å². The third-order valence-electron chi connectivity index (χ3n) is 3.77. The van der Waals surface area contributed by atoms with Crippen molar-refractivity contribution in [2.24, 2.45) is 7.05 Å². The molecule has 0 bridgehead atoms. The average Bonchev–Trinajstić information content (AvgIpc) is 2.91. The number of fused-ring (bicyclic) bond motifs is 1. The summed E-state index contributed by atoms with van der Waals surface area (Å²) in [6.07, 6.45) is 3.61. The molecule has 0 unspecified atom stereocenters. The molecule has 0 aliphatic heterocycles. The summed E-state index contributed by atoms with van der Waals surface area (Å²) in [6, 6.07) is 9.68. The van der Waals surface area contributed by atoms with Crippen molar-refractivity contribution in [2.45, 2.75) is 19.4 Å². The van der Waals surface area contributed by atoms with E-state index in [2.05, 4.69) is 4.98 Å². The van der Waals surface area contributed by atoms with Crippen LogP contribution in [0.25, 0.3) is 22.0 Å². The summed E-state index contributed by atoms with van der Waals surface area (Å²) in [5.74, 6) is 0. The van der Waals surface area contributed by atoms with Crippen molar-refractivity contribution >= 4 is 10.9 Å². The Balaban J connectivity index is 2.29. The quantitative estimate of drug-likeness (QED) is 0.759. The summed E-state index contributed by atoms with van der Waals surface area (Å²) < 4.78 is 1.57. The van der Waals surface area contributed by atoms with Crippen molar-refractivity contribution in [3.63, 3.8) is 0 Å². The fourth-order valence-electron chi connectivity index (χ4n) is 2.57. The van der Waals surface area contributed by atoms with Gasteiger partial charge in [-0.05, 0) is 37.1 Å². The third-order valence-corrected chi connectivity index (χ3v) is 3.77. The predicted octanol–water partition coefficient (Wildman–Crippen LogP) is 2.76. The molecule has 108 valence electrons. The number of nitrogens with zero attached hydrogens (tertiary/aromatic N) is 1. The molecule has 0 aliphatic rings. The number of aliphatic hydroxyl groups is 1. The van der Waals surface area contributed by atoms with Crippen LogP contribution in [0, 0.1) is 0 Å². The fourth-order valence-corrected chi connectivity index (χ4v) is 2.57. The van der Waals surface area contributed by atoms with Crippen LogP contribution in [0.15, 0.2) is 47.5 Å². The summed E-state index contributed by atoms with van der Waals surface area (Å²) in [5, 5.41) is 11.1. The summed E-state index contributed by atoms with van der Waals surface area (Å²) >= 11 is 0. The Morgan fingerprint density at radius 1 is 1.24 bits per heavy atom. The van der Waals surface area contributed by atoms with Crippen molar-refractivity contribution in [3.05, 3.63) is 58.6 Å². The summed E-state index contributed by atoms with van der Waals surface area (Å²) in [4.78, 5) is 15.1. The van der Waals surface area contributed by atoms with E-state index >= 15 is 0 Å². The van der Waals surface area contributed by atoms with Gasteiger partial charge in [-0.2, -0.15) is 0 Å². The zero-order valence-corrected chi connectivity index (χ0v) is 12.3. The topological polar surface area (TPSA) is 58.0 Å². The number of aromatic amines is 1. The van der Waals surface area contributed by atoms with Crippen molar-refractivity contribution in [1.82, 2.24) is 9.55 Å². The highest BCUT2D eigenvalue weighted by Gasteiger charge is 2.17. The number of aromatic nitrogens is 2. The molecule has 4 nitrogen and oxygen atoms in total. The van der Waals surface area contributed by atoms with Gasteiger partial charge in [0.05, 0.1) is 5.60 Å². The maximum Gasteiger partial charge on any atom is 0.274 e. The molecule has 0 aliphatic carbocycles. The van der Waals surface area contributed by atoms with Crippen LogP contribution in [0.2, 0.25) is 0 Å². The van der Waals surface area contributed by atoms with E-state index in [9.17, 15) is 9.90 Å². The van der Waals surface area contributed by atoms with Gasteiger partial charge in [0, 0.05) is 30.4 Å². The van der Waals surface area contributed by atoms with E-state index in [0.29, 0.717) is 5.52 Å². The number of pyridine rings is 1. The molecule has 0 radical (unpaired) electrons. The lowest BCUT2D eigenvalue weighted by Gasteiger charge is -2.19. The monoisotopic (exact) mass is 282 g/mol. The Labute approximate surface area is 122 Å². The number of rotatable bonds is 2. The van der Waals surface area contributed by atoms with Crippen LogP contribution in [0.4, 0.5) is 0 Å². The van der Waals surface area contributed by atoms with Gasteiger partial charge in [-0.3, -0.25) is 4.79 Å². The molecular formula is C17H18N2O2. The minimum atomic E-state index is -0.895. The van der Waals surface area contributed by atoms with E-state index in [1.54, 1.807) is 31.7 Å². The van der Waals surface area contributed by atoms with Gasteiger partial charge in [-0.1, -0.05) is 18.2 Å². The Morgan fingerprint density at radius 2 is 2.00 bits per heavy atom. The van der Waals surface area contributed by atoms with E-state index in [0.717, 1.165) is 22.1 Å². The Kier molecular flexibility index (Phi) is 2.99. The molecule has 2 N–H and O–H groups in total. The minimum Gasteiger partial charge on any atom is -0.386 e. The molecule has 0 amide bonds. The molecule has 0 spiro atoms. The van der Waals surface area contributed by atoms with E-state index in [1.165, 1.54) is 0 Å². The molecule has 0 fully saturated rings. The van der Waals surface area contributed by atoms with Crippen LogP contribution in [-0.2, 0) is 12.6 Å². The van der Waals surface area contributed by atoms with Gasteiger partial charge >= 0.3 is 0 Å². The smallest absolute Gasteiger partial charge is 0.274 e. The number of hydrogen-bond acceptors (Lipinski definition) is 2. The van der Waals surface area contributed by atoms with Gasteiger partial charge in [0.25, 0.3) is 5.56 Å². The zero-order valence-electron chi connectivity index (χ0n) is 12.3. The van der Waals surface area contributed by atoms with Gasteiger partial charge in [0.2, 0.25) is 0 Å². The summed E-state index contributed by atoms with van der Waals surface area (Å²) in [6.45, 7) is 3.53. The fraction of sp³-hybridized carbons (Fsp3) is 0.235. The molecular weight excluding hydrogens is 264 g/mol. The van der Waals surface area contributed by atoms with Crippen molar-refractivity contribution in [2.75, 3.05) is 0 Å². The highest BCUT2D eigenvalue weighted by atomic mass is 16.3. The molecule has 3 aromatic rings. The SMILES string of the molecule is Cn1cc(-c2cccc(C(C)(C)O)c2)c2cc[nH]c2c1=O. The van der Waals surface area contributed by atoms with E-state index in [4.69, 9.17) is 0 Å². The van der Waals surface area contributed by atoms with Gasteiger partial charge < -0.3 is 14.7 Å². The second-order valence-electron chi connectivity index (χ2n) is 5.86. The number of aryl methyl sites for hydroxylation is 1. The molecule has 3 rings (SSSR count). The van der Waals surface area contributed by atoms with Gasteiger partial charge in [0.1, 0.15) is 5.52 Å². The first kappa shape index (κ1) is 13.6. The van der Waals surface area contributed by atoms with E-state index in [1.807, 2.05) is 36.5 Å². The van der Waals surface area contributed by atoms with E-state index in [-0.39, 0.29) is 5.56 Å². The maximum absolute atomic E-state index is 12.1. The molecule has 1 aromatic carbocycles. The molecule has 2 aromatic heterocycles. The van der Waals surface area contributed by atoms with Crippen molar-refractivity contribution in [3.8, 4) is 11.1 Å². The second-order valence-corrected chi connectivity index (χ2v) is 5.86. The summed E-state index contributed by atoms with van der Waals surface area (Å²) in [7, 11) is 1.74. The first-order valence-electron chi connectivity index (χ1n) is 6.88. The van der Waals surface area contributed by atoms with E-state index < -0.39 is 5.60 Å². The van der Waals surface area contributed by atoms with Crippen LogP contribution >= 0.6 is 0 Å². The van der Waals surface area contributed by atoms with Crippen LogP contribution < -0.4 is 5.56 Å². The Bertz CT molecular complexity index is 866. The van der Waals surface area contributed by atoms with Gasteiger partial charge in [0.15, 0.2) is 0 Å². The highest BCUT2D eigenvalue weighted by molar-refractivity contribution is 5.94. The molecule has 0 atom stereocenters. The molecule has 4 heteroatoms. The maximum atomic E-state index is 12.1. The zero-order chi connectivity index (χ0) is 15.2. The van der Waals surface area contributed by atoms with Crippen molar-refractivity contribution < 1.29 is 5.11 Å². The Morgan fingerprint density at radius 3 is 2.71 bits per heavy atom. The lowest BCUT2D eigenvalue weighted by molar-refractivity contribution is 0.0786. The molecule has 2 heterocycles. The average molecular weight is 282 g/mol. The predicted molar refractivity (Wildman–Crippen MR) is 84.2 cm³/mol.